The highest BCUT2D eigenvalue weighted by Gasteiger charge is 2.14. The van der Waals surface area contributed by atoms with Crippen molar-refractivity contribution in [3.05, 3.63) is 95.8 Å². The second kappa shape index (κ2) is 9.28. The zero-order valence-electron chi connectivity index (χ0n) is 18.0. The third-order valence-corrected chi connectivity index (χ3v) is 6.00. The standard InChI is InChI=1S/C27H26N4O/c32-27(29-17-20-9-11-21(12-10-20)19-31-14-3-4-15-31)24-16-26(22-6-5-13-28-18-22)30-25-8-2-1-7-23(24)25/h1-2,5-13,16,18H,3-4,14-15,17,19H2,(H,29,32). The van der Waals surface area contributed by atoms with E-state index in [9.17, 15) is 4.79 Å². The third-order valence-electron chi connectivity index (χ3n) is 6.00. The number of aromatic nitrogens is 2. The smallest absolute Gasteiger partial charge is 0.252 e. The van der Waals surface area contributed by atoms with Crippen molar-refractivity contribution in [1.29, 1.82) is 0 Å². The number of carbonyl (C=O) groups is 1. The number of nitrogens with zero attached hydrogens (tertiary/aromatic N) is 3. The van der Waals surface area contributed by atoms with Crippen molar-refractivity contribution < 1.29 is 4.79 Å². The van der Waals surface area contributed by atoms with E-state index in [1.54, 1.807) is 12.4 Å². The quantitative estimate of drug-likeness (QED) is 0.484. The number of amides is 1. The first-order valence-electron chi connectivity index (χ1n) is 11.1. The van der Waals surface area contributed by atoms with Crippen LogP contribution in [0, 0.1) is 0 Å². The molecule has 160 valence electrons. The molecule has 5 rings (SSSR count). The Morgan fingerprint density at radius 2 is 1.72 bits per heavy atom. The van der Waals surface area contributed by atoms with Crippen molar-refractivity contribution in [1.82, 2.24) is 20.2 Å². The van der Waals surface area contributed by atoms with Gasteiger partial charge >= 0.3 is 0 Å². The summed E-state index contributed by atoms with van der Waals surface area (Å²) in [5.74, 6) is -0.102. The van der Waals surface area contributed by atoms with Gasteiger partial charge in [0.05, 0.1) is 16.8 Å². The van der Waals surface area contributed by atoms with Crippen LogP contribution in [0.1, 0.15) is 34.3 Å². The lowest BCUT2D eigenvalue weighted by molar-refractivity contribution is 0.0952. The SMILES string of the molecule is O=C(NCc1ccc(CN2CCCC2)cc1)c1cc(-c2cccnc2)nc2ccccc12. The molecule has 0 atom stereocenters. The van der Waals surface area contributed by atoms with E-state index in [1.807, 2.05) is 42.5 Å². The van der Waals surface area contributed by atoms with Gasteiger partial charge in [-0.25, -0.2) is 4.98 Å². The Morgan fingerprint density at radius 1 is 0.938 bits per heavy atom. The molecule has 5 nitrogen and oxygen atoms in total. The Hall–Kier alpha value is -3.57. The van der Waals surface area contributed by atoms with Gasteiger partial charge in [-0.05, 0) is 61.3 Å². The molecule has 0 unspecified atom stereocenters. The van der Waals surface area contributed by atoms with Crippen molar-refractivity contribution in [2.24, 2.45) is 0 Å². The minimum Gasteiger partial charge on any atom is -0.348 e. The molecule has 1 N–H and O–H groups in total. The van der Waals surface area contributed by atoms with Gasteiger partial charge in [0.15, 0.2) is 0 Å². The van der Waals surface area contributed by atoms with E-state index < -0.39 is 0 Å². The highest BCUT2D eigenvalue weighted by atomic mass is 16.1. The highest BCUT2D eigenvalue weighted by molar-refractivity contribution is 6.07. The summed E-state index contributed by atoms with van der Waals surface area (Å²) in [4.78, 5) is 24.6. The molecule has 1 amide bonds. The van der Waals surface area contributed by atoms with Crippen LogP contribution >= 0.6 is 0 Å². The molecule has 4 aromatic rings. The summed E-state index contributed by atoms with van der Waals surface area (Å²) in [5.41, 5.74) is 5.47. The Kier molecular flexibility index (Phi) is 5.90. The van der Waals surface area contributed by atoms with Gasteiger partial charge in [0.25, 0.3) is 5.91 Å². The molecule has 1 fully saturated rings. The van der Waals surface area contributed by atoms with Gasteiger partial charge in [0.1, 0.15) is 0 Å². The maximum absolute atomic E-state index is 13.2. The van der Waals surface area contributed by atoms with Crippen molar-refractivity contribution in [3.63, 3.8) is 0 Å². The molecule has 0 spiro atoms. The van der Waals surface area contributed by atoms with Crippen molar-refractivity contribution in [3.8, 4) is 11.3 Å². The first kappa shape index (κ1) is 20.3. The first-order valence-corrected chi connectivity index (χ1v) is 11.1. The van der Waals surface area contributed by atoms with Gasteiger partial charge in [-0.2, -0.15) is 0 Å². The number of nitrogens with one attached hydrogen (secondary N) is 1. The zero-order chi connectivity index (χ0) is 21.8. The van der Waals surface area contributed by atoms with Crippen molar-refractivity contribution in [2.75, 3.05) is 13.1 Å². The van der Waals surface area contributed by atoms with E-state index >= 15 is 0 Å². The van der Waals surface area contributed by atoms with Crippen LogP contribution in [0.2, 0.25) is 0 Å². The van der Waals surface area contributed by atoms with Gasteiger partial charge in [-0.1, -0.05) is 42.5 Å². The molecule has 1 saturated heterocycles. The monoisotopic (exact) mass is 422 g/mol. The van der Waals surface area contributed by atoms with Crippen LogP contribution in [0.3, 0.4) is 0 Å². The van der Waals surface area contributed by atoms with Gasteiger partial charge < -0.3 is 5.32 Å². The number of pyridine rings is 2. The van der Waals surface area contributed by atoms with Crippen LogP contribution in [-0.4, -0.2) is 33.9 Å². The molecule has 0 aliphatic carbocycles. The van der Waals surface area contributed by atoms with E-state index in [0.29, 0.717) is 12.1 Å². The van der Waals surface area contributed by atoms with Gasteiger partial charge in [-0.15, -0.1) is 0 Å². The lowest BCUT2D eigenvalue weighted by Crippen LogP contribution is -2.23. The van der Waals surface area contributed by atoms with Gasteiger partial charge in [0, 0.05) is 36.4 Å². The molecular weight excluding hydrogens is 396 g/mol. The van der Waals surface area contributed by atoms with Crippen LogP contribution < -0.4 is 5.32 Å². The third kappa shape index (κ3) is 4.53. The predicted molar refractivity (Wildman–Crippen MR) is 127 cm³/mol. The summed E-state index contributed by atoms with van der Waals surface area (Å²) in [7, 11) is 0. The number of hydrogen-bond donors (Lipinski definition) is 1. The first-order chi connectivity index (χ1) is 15.8. The molecule has 2 aromatic heterocycles. The number of para-hydroxylation sites is 1. The molecule has 0 bridgehead atoms. The Labute approximate surface area is 188 Å². The lowest BCUT2D eigenvalue weighted by Gasteiger charge is -2.15. The Balaban J connectivity index is 1.33. The minimum absolute atomic E-state index is 0.102. The van der Waals surface area contributed by atoms with Crippen LogP contribution in [0.15, 0.2) is 79.1 Å². The minimum atomic E-state index is -0.102. The number of likely N-dealkylation sites (tertiary alicyclic amines) is 1. The number of rotatable bonds is 6. The van der Waals surface area contributed by atoms with Crippen LogP contribution in [0.4, 0.5) is 0 Å². The lowest BCUT2D eigenvalue weighted by atomic mass is 10.0. The Bertz CT molecular complexity index is 1220. The summed E-state index contributed by atoms with van der Waals surface area (Å²) >= 11 is 0. The van der Waals surface area contributed by atoms with Crippen LogP contribution in [0.5, 0.6) is 0 Å². The van der Waals surface area contributed by atoms with Gasteiger partial charge in [0.2, 0.25) is 0 Å². The maximum atomic E-state index is 13.2. The number of benzene rings is 2. The second-order valence-corrected chi connectivity index (χ2v) is 8.30. The summed E-state index contributed by atoms with van der Waals surface area (Å²) in [6.07, 6.45) is 6.10. The van der Waals surface area contributed by atoms with Crippen molar-refractivity contribution in [2.45, 2.75) is 25.9 Å². The molecule has 1 aliphatic heterocycles. The molecule has 0 saturated carbocycles. The number of carbonyl (C=O) groups excluding carboxylic acids is 1. The molecular formula is C27H26N4O. The topological polar surface area (TPSA) is 58.1 Å². The molecule has 1 aliphatic rings. The second-order valence-electron chi connectivity index (χ2n) is 8.30. The average Bonchev–Trinajstić information content (AvgIpc) is 3.36. The summed E-state index contributed by atoms with van der Waals surface area (Å²) in [6, 6.07) is 22.0. The zero-order valence-corrected chi connectivity index (χ0v) is 18.0. The summed E-state index contributed by atoms with van der Waals surface area (Å²) in [5, 5.41) is 3.93. The predicted octanol–water partition coefficient (Wildman–Crippen LogP) is 4.82. The molecule has 2 aromatic carbocycles. The molecule has 32 heavy (non-hydrogen) atoms. The summed E-state index contributed by atoms with van der Waals surface area (Å²) < 4.78 is 0. The van der Waals surface area contributed by atoms with Crippen molar-refractivity contribution >= 4 is 16.8 Å². The number of hydrogen-bond acceptors (Lipinski definition) is 4. The largest absolute Gasteiger partial charge is 0.348 e. The maximum Gasteiger partial charge on any atom is 0.252 e. The van der Waals surface area contributed by atoms with E-state index in [2.05, 4.69) is 39.5 Å². The fourth-order valence-corrected chi connectivity index (χ4v) is 4.26. The highest BCUT2D eigenvalue weighted by Crippen LogP contribution is 2.24. The van der Waals surface area contributed by atoms with Gasteiger partial charge in [-0.3, -0.25) is 14.7 Å². The molecule has 0 radical (unpaired) electrons. The Morgan fingerprint density at radius 3 is 2.50 bits per heavy atom. The summed E-state index contributed by atoms with van der Waals surface area (Å²) in [6.45, 7) is 3.88. The number of fused-ring (bicyclic) bond motifs is 1. The average molecular weight is 423 g/mol. The molecule has 3 heterocycles. The normalized spacial score (nSPS) is 14.0. The van der Waals surface area contributed by atoms with E-state index in [-0.39, 0.29) is 5.91 Å². The fraction of sp³-hybridized carbons (Fsp3) is 0.222. The van der Waals surface area contributed by atoms with E-state index in [0.717, 1.165) is 34.3 Å². The molecule has 5 heteroatoms. The van der Waals surface area contributed by atoms with Crippen LogP contribution in [-0.2, 0) is 13.1 Å². The van der Waals surface area contributed by atoms with Crippen LogP contribution in [0.25, 0.3) is 22.2 Å². The van der Waals surface area contributed by atoms with E-state index in [4.69, 9.17) is 4.98 Å². The van der Waals surface area contributed by atoms with E-state index in [1.165, 1.54) is 31.5 Å². The fourth-order valence-electron chi connectivity index (χ4n) is 4.26.